The molecule has 1 aliphatic rings. The maximum atomic E-state index is 11.5. The molecule has 1 aromatic carbocycles. The van der Waals surface area contributed by atoms with Crippen LogP contribution < -0.4 is 0 Å². The maximum Gasteiger partial charge on any atom is 0.306 e. The van der Waals surface area contributed by atoms with Crippen LogP contribution in [0.4, 0.5) is 0 Å². The number of benzene rings is 1. The molecule has 26 heavy (non-hydrogen) atoms. The fourth-order valence-corrected chi connectivity index (χ4v) is 3.05. The molecule has 1 unspecified atom stereocenters. The molecule has 1 aromatic heterocycles. The first kappa shape index (κ1) is 18.5. The Morgan fingerprint density at radius 3 is 2.81 bits per heavy atom. The SMILES string of the molecule is COC(=O)CCN(Cc1nnc(Cc2ccccc2)o1)CC1CCCO1. The molecule has 1 aliphatic heterocycles. The number of carbonyl (C=O) groups is 1. The van der Waals surface area contributed by atoms with E-state index in [4.69, 9.17) is 13.9 Å². The van der Waals surface area contributed by atoms with Gasteiger partial charge in [-0.3, -0.25) is 9.69 Å². The average Bonchev–Trinajstić information content (AvgIpc) is 3.32. The highest BCUT2D eigenvalue weighted by Gasteiger charge is 2.21. The van der Waals surface area contributed by atoms with Gasteiger partial charge >= 0.3 is 5.97 Å². The predicted octanol–water partition coefficient (Wildman–Crippen LogP) is 2.20. The first-order valence-electron chi connectivity index (χ1n) is 8.99. The number of aromatic nitrogens is 2. The van der Waals surface area contributed by atoms with Crippen molar-refractivity contribution >= 4 is 5.97 Å². The molecule has 0 amide bonds. The number of carbonyl (C=O) groups excluding carboxylic acids is 1. The minimum atomic E-state index is -0.224. The summed E-state index contributed by atoms with van der Waals surface area (Å²) in [5.41, 5.74) is 1.13. The molecule has 3 rings (SSSR count). The van der Waals surface area contributed by atoms with Gasteiger partial charge < -0.3 is 13.9 Å². The van der Waals surface area contributed by atoms with E-state index in [1.807, 2.05) is 30.3 Å². The Bertz CT molecular complexity index is 683. The fraction of sp³-hybridized carbons (Fsp3) is 0.526. The first-order valence-corrected chi connectivity index (χ1v) is 8.99. The second-order valence-corrected chi connectivity index (χ2v) is 6.45. The highest BCUT2D eigenvalue weighted by atomic mass is 16.5. The lowest BCUT2D eigenvalue weighted by atomic mass is 10.2. The molecule has 0 saturated carbocycles. The van der Waals surface area contributed by atoms with Crippen molar-refractivity contribution in [3.8, 4) is 0 Å². The van der Waals surface area contributed by atoms with Crippen LogP contribution in [0.5, 0.6) is 0 Å². The number of rotatable bonds is 9. The van der Waals surface area contributed by atoms with Crippen molar-refractivity contribution in [1.82, 2.24) is 15.1 Å². The normalized spacial score (nSPS) is 16.9. The molecular formula is C19H25N3O4. The zero-order valence-corrected chi connectivity index (χ0v) is 15.1. The van der Waals surface area contributed by atoms with Gasteiger partial charge in [-0.15, -0.1) is 10.2 Å². The number of methoxy groups -OCH3 is 1. The third-order valence-corrected chi connectivity index (χ3v) is 4.41. The highest BCUT2D eigenvalue weighted by molar-refractivity contribution is 5.69. The molecule has 0 radical (unpaired) electrons. The van der Waals surface area contributed by atoms with Crippen LogP contribution >= 0.6 is 0 Å². The maximum absolute atomic E-state index is 11.5. The topological polar surface area (TPSA) is 77.7 Å². The monoisotopic (exact) mass is 359 g/mol. The largest absolute Gasteiger partial charge is 0.469 e. The lowest BCUT2D eigenvalue weighted by molar-refractivity contribution is -0.141. The number of ether oxygens (including phenoxy) is 2. The second-order valence-electron chi connectivity index (χ2n) is 6.45. The van der Waals surface area contributed by atoms with Crippen molar-refractivity contribution in [1.29, 1.82) is 0 Å². The zero-order chi connectivity index (χ0) is 18.2. The molecule has 7 nitrogen and oxygen atoms in total. The van der Waals surface area contributed by atoms with E-state index in [1.54, 1.807) is 0 Å². The molecular weight excluding hydrogens is 334 g/mol. The second kappa shape index (κ2) is 9.45. The Morgan fingerprint density at radius 2 is 2.08 bits per heavy atom. The Hall–Kier alpha value is -2.25. The number of esters is 1. The van der Waals surface area contributed by atoms with Crippen molar-refractivity contribution in [3.05, 3.63) is 47.7 Å². The van der Waals surface area contributed by atoms with E-state index in [0.29, 0.717) is 37.7 Å². The van der Waals surface area contributed by atoms with Crippen molar-refractivity contribution in [2.45, 2.75) is 38.3 Å². The summed E-state index contributed by atoms with van der Waals surface area (Å²) in [6.07, 6.45) is 3.25. The molecule has 0 spiro atoms. The van der Waals surface area contributed by atoms with Gasteiger partial charge in [0.1, 0.15) is 0 Å². The minimum absolute atomic E-state index is 0.194. The molecule has 0 bridgehead atoms. The van der Waals surface area contributed by atoms with Gasteiger partial charge in [-0.2, -0.15) is 0 Å². The minimum Gasteiger partial charge on any atom is -0.469 e. The van der Waals surface area contributed by atoms with Crippen LogP contribution in [0.15, 0.2) is 34.7 Å². The van der Waals surface area contributed by atoms with E-state index in [-0.39, 0.29) is 12.1 Å². The Labute approximate surface area is 153 Å². The van der Waals surface area contributed by atoms with Crippen LogP contribution in [0.3, 0.4) is 0 Å². The highest BCUT2D eigenvalue weighted by Crippen LogP contribution is 2.16. The van der Waals surface area contributed by atoms with Crippen LogP contribution in [-0.4, -0.2) is 54.0 Å². The van der Waals surface area contributed by atoms with E-state index >= 15 is 0 Å². The van der Waals surface area contributed by atoms with Crippen molar-refractivity contribution < 1.29 is 18.7 Å². The first-order chi connectivity index (χ1) is 12.7. The lowest BCUT2D eigenvalue weighted by Gasteiger charge is -2.23. The van der Waals surface area contributed by atoms with Gasteiger partial charge in [-0.1, -0.05) is 30.3 Å². The molecule has 2 heterocycles. The molecule has 2 aromatic rings. The van der Waals surface area contributed by atoms with Gasteiger partial charge in [0.15, 0.2) is 0 Å². The fourth-order valence-electron chi connectivity index (χ4n) is 3.05. The Kier molecular flexibility index (Phi) is 6.74. The van der Waals surface area contributed by atoms with E-state index in [2.05, 4.69) is 15.1 Å². The number of hydrogen-bond acceptors (Lipinski definition) is 7. The molecule has 0 N–H and O–H groups in total. The summed E-state index contributed by atoms with van der Waals surface area (Å²) in [5, 5.41) is 8.30. The number of hydrogen-bond donors (Lipinski definition) is 0. The zero-order valence-electron chi connectivity index (χ0n) is 15.1. The molecule has 7 heteroatoms. The van der Waals surface area contributed by atoms with Crippen molar-refractivity contribution in [3.63, 3.8) is 0 Å². The summed E-state index contributed by atoms with van der Waals surface area (Å²) >= 11 is 0. The average molecular weight is 359 g/mol. The summed E-state index contributed by atoms with van der Waals surface area (Å²) in [6.45, 7) is 2.62. The predicted molar refractivity (Wildman–Crippen MR) is 94.4 cm³/mol. The van der Waals surface area contributed by atoms with Crippen molar-refractivity contribution in [2.24, 2.45) is 0 Å². The van der Waals surface area contributed by atoms with Crippen molar-refractivity contribution in [2.75, 3.05) is 26.8 Å². The van der Waals surface area contributed by atoms with Gasteiger partial charge in [0, 0.05) is 19.7 Å². The molecule has 1 fully saturated rings. The Morgan fingerprint density at radius 1 is 1.27 bits per heavy atom. The van der Waals surface area contributed by atoms with E-state index in [0.717, 1.165) is 31.6 Å². The quantitative estimate of drug-likeness (QED) is 0.635. The standard InChI is InChI=1S/C19H25N3O4/c1-24-19(23)9-10-22(13-16-8-5-11-25-16)14-18-21-20-17(26-18)12-15-6-3-2-4-7-15/h2-4,6-7,16H,5,8-14H2,1H3. The third kappa shape index (κ3) is 5.64. The van der Waals surface area contributed by atoms with Crippen LogP contribution in [-0.2, 0) is 27.2 Å². The summed E-state index contributed by atoms with van der Waals surface area (Å²) in [6, 6.07) is 10.0. The molecule has 0 aliphatic carbocycles. The van der Waals surface area contributed by atoms with Gasteiger partial charge in [-0.25, -0.2) is 0 Å². The van der Waals surface area contributed by atoms with Gasteiger partial charge in [0.2, 0.25) is 11.8 Å². The van der Waals surface area contributed by atoms with Crippen LogP contribution in [0.1, 0.15) is 36.6 Å². The third-order valence-electron chi connectivity index (χ3n) is 4.41. The number of nitrogens with zero attached hydrogens (tertiary/aromatic N) is 3. The summed E-state index contributed by atoms with van der Waals surface area (Å²) in [4.78, 5) is 13.6. The lowest BCUT2D eigenvalue weighted by Crippen LogP contribution is -2.33. The van der Waals surface area contributed by atoms with Gasteiger partial charge in [0.25, 0.3) is 0 Å². The Balaban J connectivity index is 1.58. The molecule has 1 saturated heterocycles. The molecule has 140 valence electrons. The molecule has 1 atom stereocenters. The van der Waals surface area contributed by atoms with Gasteiger partial charge in [0.05, 0.1) is 32.6 Å². The van der Waals surface area contributed by atoms with E-state index in [1.165, 1.54) is 7.11 Å². The van der Waals surface area contributed by atoms with E-state index in [9.17, 15) is 4.79 Å². The van der Waals surface area contributed by atoms with Crippen LogP contribution in [0, 0.1) is 0 Å². The summed E-state index contributed by atoms with van der Waals surface area (Å²) in [5.74, 6) is 0.924. The van der Waals surface area contributed by atoms with Crippen LogP contribution in [0.2, 0.25) is 0 Å². The summed E-state index contributed by atoms with van der Waals surface area (Å²) < 4.78 is 16.3. The van der Waals surface area contributed by atoms with E-state index < -0.39 is 0 Å². The van der Waals surface area contributed by atoms with Gasteiger partial charge in [-0.05, 0) is 18.4 Å². The van der Waals surface area contributed by atoms with Crippen LogP contribution in [0.25, 0.3) is 0 Å². The smallest absolute Gasteiger partial charge is 0.306 e. The summed E-state index contributed by atoms with van der Waals surface area (Å²) in [7, 11) is 1.40.